The highest BCUT2D eigenvalue weighted by molar-refractivity contribution is 5.39. The molecule has 3 aliphatic rings. The fourth-order valence-electron chi connectivity index (χ4n) is 4.10. The van der Waals surface area contributed by atoms with E-state index in [1.807, 2.05) is 0 Å². The average Bonchev–Trinajstić information content (AvgIpc) is 3.04. The molecule has 2 saturated carbocycles. The Bertz CT molecular complexity index is 773. The molecule has 0 aromatic carbocycles. The maximum absolute atomic E-state index is 10.4. The summed E-state index contributed by atoms with van der Waals surface area (Å²) in [5, 5.41) is 26.4. The van der Waals surface area contributed by atoms with Gasteiger partial charge in [0, 0.05) is 24.3 Å². The van der Waals surface area contributed by atoms with Gasteiger partial charge in [-0.1, -0.05) is 5.16 Å². The lowest BCUT2D eigenvalue weighted by Crippen LogP contribution is -2.22. The molecule has 0 saturated heterocycles. The summed E-state index contributed by atoms with van der Waals surface area (Å²) in [6.07, 6.45) is 6.83. The smallest absolute Gasteiger partial charge is 0.229 e. The van der Waals surface area contributed by atoms with Gasteiger partial charge in [-0.25, -0.2) is 0 Å². The van der Waals surface area contributed by atoms with Crippen molar-refractivity contribution in [2.45, 2.75) is 62.9 Å². The standard InChI is InChI=1S/C18H23N5O2/c24-15-7-12(18-20-17(23-25-18)10-4-5-10)6-13(15)9-19-16-8-11-2-1-3-14(11)21-22-16/h8,10,12-13,15,24H,1-7,9H2,(H,19,22)/t12-,13+,15+/m0/s1. The van der Waals surface area contributed by atoms with Crippen molar-refractivity contribution >= 4 is 5.82 Å². The van der Waals surface area contributed by atoms with E-state index >= 15 is 0 Å². The molecule has 0 bridgehead atoms. The predicted molar refractivity (Wildman–Crippen MR) is 90.3 cm³/mol. The van der Waals surface area contributed by atoms with E-state index in [4.69, 9.17) is 4.52 Å². The van der Waals surface area contributed by atoms with E-state index < -0.39 is 0 Å². The van der Waals surface area contributed by atoms with Gasteiger partial charge in [-0.15, -0.1) is 5.10 Å². The Labute approximate surface area is 146 Å². The van der Waals surface area contributed by atoms with E-state index in [0.29, 0.717) is 24.8 Å². The summed E-state index contributed by atoms with van der Waals surface area (Å²) in [6.45, 7) is 0.689. The van der Waals surface area contributed by atoms with Crippen molar-refractivity contribution in [3.05, 3.63) is 29.0 Å². The first-order valence-electron chi connectivity index (χ1n) is 9.37. The van der Waals surface area contributed by atoms with Gasteiger partial charge < -0.3 is 14.9 Å². The molecule has 2 aromatic heterocycles. The van der Waals surface area contributed by atoms with Crippen LogP contribution in [0.2, 0.25) is 0 Å². The largest absolute Gasteiger partial charge is 0.393 e. The van der Waals surface area contributed by atoms with Crippen LogP contribution in [0.4, 0.5) is 5.82 Å². The van der Waals surface area contributed by atoms with Crippen LogP contribution >= 0.6 is 0 Å². The molecule has 2 N–H and O–H groups in total. The van der Waals surface area contributed by atoms with Gasteiger partial charge in [0.15, 0.2) is 5.82 Å². The topological polar surface area (TPSA) is 97.0 Å². The number of nitrogens with one attached hydrogen (secondary N) is 1. The van der Waals surface area contributed by atoms with Crippen LogP contribution in [0.15, 0.2) is 10.6 Å². The summed E-state index contributed by atoms with van der Waals surface area (Å²) in [6, 6.07) is 2.11. The molecule has 2 aromatic rings. The van der Waals surface area contributed by atoms with Crippen LogP contribution in [-0.4, -0.2) is 38.1 Å². The van der Waals surface area contributed by atoms with Gasteiger partial charge in [0.2, 0.25) is 5.89 Å². The molecule has 0 spiro atoms. The quantitative estimate of drug-likeness (QED) is 0.860. The number of aryl methyl sites for hydroxylation is 2. The number of fused-ring (bicyclic) bond motifs is 1. The maximum Gasteiger partial charge on any atom is 0.229 e. The highest BCUT2D eigenvalue weighted by Crippen LogP contribution is 2.41. The number of nitrogens with zero attached hydrogens (tertiary/aromatic N) is 4. The van der Waals surface area contributed by atoms with Crippen molar-refractivity contribution in [3.8, 4) is 0 Å². The maximum atomic E-state index is 10.4. The first-order chi connectivity index (χ1) is 12.3. The molecule has 3 atom stereocenters. The van der Waals surface area contributed by atoms with Gasteiger partial charge in [-0.05, 0) is 56.6 Å². The van der Waals surface area contributed by atoms with E-state index in [0.717, 1.165) is 36.6 Å². The molecule has 2 fully saturated rings. The summed E-state index contributed by atoms with van der Waals surface area (Å²) >= 11 is 0. The summed E-state index contributed by atoms with van der Waals surface area (Å²) < 4.78 is 5.44. The van der Waals surface area contributed by atoms with Crippen LogP contribution in [0.3, 0.4) is 0 Å². The Balaban J connectivity index is 1.21. The summed E-state index contributed by atoms with van der Waals surface area (Å²) in [7, 11) is 0. The van der Waals surface area contributed by atoms with E-state index in [1.54, 1.807) is 0 Å². The lowest BCUT2D eigenvalue weighted by Gasteiger charge is -2.15. The van der Waals surface area contributed by atoms with Crippen LogP contribution in [-0.2, 0) is 12.8 Å². The number of aliphatic hydroxyl groups excluding tert-OH is 1. The third-order valence-electron chi connectivity index (χ3n) is 5.77. The number of hydrogen-bond donors (Lipinski definition) is 2. The molecule has 5 rings (SSSR count). The van der Waals surface area contributed by atoms with Crippen LogP contribution < -0.4 is 5.32 Å². The molecule has 25 heavy (non-hydrogen) atoms. The van der Waals surface area contributed by atoms with E-state index in [9.17, 15) is 5.11 Å². The third-order valence-corrected chi connectivity index (χ3v) is 5.77. The zero-order valence-corrected chi connectivity index (χ0v) is 14.2. The van der Waals surface area contributed by atoms with E-state index in [2.05, 4.69) is 31.7 Å². The number of aliphatic hydroxyl groups is 1. The monoisotopic (exact) mass is 341 g/mol. The normalized spacial score (nSPS) is 28.3. The highest BCUT2D eigenvalue weighted by atomic mass is 16.5. The first-order valence-corrected chi connectivity index (χ1v) is 9.37. The van der Waals surface area contributed by atoms with Gasteiger partial charge in [0.05, 0.1) is 11.8 Å². The Kier molecular flexibility index (Phi) is 3.69. The second-order valence-corrected chi connectivity index (χ2v) is 7.70. The van der Waals surface area contributed by atoms with Crippen LogP contribution in [0, 0.1) is 5.92 Å². The van der Waals surface area contributed by atoms with Crippen molar-refractivity contribution in [1.82, 2.24) is 20.3 Å². The second-order valence-electron chi connectivity index (χ2n) is 7.70. The van der Waals surface area contributed by atoms with Crippen LogP contribution in [0.1, 0.15) is 66.9 Å². The number of rotatable bonds is 5. The minimum Gasteiger partial charge on any atom is -0.393 e. The van der Waals surface area contributed by atoms with Crippen molar-refractivity contribution in [2.75, 3.05) is 11.9 Å². The summed E-state index contributed by atoms with van der Waals surface area (Å²) in [5.74, 6) is 3.18. The number of hydrogen-bond acceptors (Lipinski definition) is 7. The predicted octanol–water partition coefficient (Wildman–Crippen LogP) is 2.19. The van der Waals surface area contributed by atoms with E-state index in [1.165, 1.54) is 24.8 Å². The van der Waals surface area contributed by atoms with Gasteiger partial charge in [-0.2, -0.15) is 10.1 Å². The van der Waals surface area contributed by atoms with Gasteiger partial charge >= 0.3 is 0 Å². The molecular weight excluding hydrogens is 318 g/mol. The minimum absolute atomic E-state index is 0.160. The molecule has 0 unspecified atom stereocenters. The zero-order valence-electron chi connectivity index (χ0n) is 14.2. The Morgan fingerprint density at radius 2 is 2.08 bits per heavy atom. The Hall–Kier alpha value is -2.02. The van der Waals surface area contributed by atoms with Crippen molar-refractivity contribution < 1.29 is 9.63 Å². The van der Waals surface area contributed by atoms with Crippen LogP contribution in [0.25, 0.3) is 0 Å². The molecule has 2 heterocycles. The molecule has 0 radical (unpaired) electrons. The minimum atomic E-state index is -0.351. The molecule has 7 heteroatoms. The third kappa shape index (κ3) is 3.01. The van der Waals surface area contributed by atoms with Gasteiger partial charge in [-0.3, -0.25) is 0 Å². The number of aromatic nitrogens is 4. The van der Waals surface area contributed by atoms with Gasteiger partial charge in [0.1, 0.15) is 5.82 Å². The lowest BCUT2D eigenvalue weighted by atomic mass is 10.0. The van der Waals surface area contributed by atoms with Crippen molar-refractivity contribution in [1.29, 1.82) is 0 Å². The van der Waals surface area contributed by atoms with E-state index in [-0.39, 0.29) is 17.9 Å². The SMILES string of the molecule is O[C@@H]1C[C@@H](c2nc(C3CC3)no2)C[C@@H]1CNc1cc2c(nn1)CCC2. The van der Waals surface area contributed by atoms with Crippen molar-refractivity contribution in [2.24, 2.45) is 5.92 Å². The second kappa shape index (κ2) is 6.05. The lowest BCUT2D eigenvalue weighted by molar-refractivity contribution is 0.137. The molecule has 0 aliphatic heterocycles. The Morgan fingerprint density at radius 1 is 1.16 bits per heavy atom. The Morgan fingerprint density at radius 3 is 2.96 bits per heavy atom. The average molecular weight is 341 g/mol. The van der Waals surface area contributed by atoms with Gasteiger partial charge in [0.25, 0.3) is 0 Å². The summed E-state index contributed by atoms with van der Waals surface area (Å²) in [5.41, 5.74) is 2.44. The molecule has 0 amide bonds. The molecular formula is C18H23N5O2. The molecule has 132 valence electrons. The van der Waals surface area contributed by atoms with Crippen LogP contribution in [0.5, 0.6) is 0 Å². The number of anilines is 1. The molecule has 3 aliphatic carbocycles. The fraction of sp³-hybridized carbons (Fsp3) is 0.667. The fourth-order valence-corrected chi connectivity index (χ4v) is 4.10. The summed E-state index contributed by atoms with van der Waals surface area (Å²) in [4.78, 5) is 4.55. The van der Waals surface area contributed by atoms with Crippen molar-refractivity contribution in [3.63, 3.8) is 0 Å². The highest BCUT2D eigenvalue weighted by Gasteiger charge is 2.38. The zero-order chi connectivity index (χ0) is 16.8. The first kappa shape index (κ1) is 15.3. The molecule has 7 nitrogen and oxygen atoms in total.